The summed E-state index contributed by atoms with van der Waals surface area (Å²) < 4.78 is 0. The van der Waals surface area contributed by atoms with Gasteiger partial charge in [-0.25, -0.2) is 0 Å². The number of nitrogens with zero attached hydrogens (tertiary/aromatic N) is 4. The molecule has 1 N–H and O–H groups in total. The van der Waals surface area contributed by atoms with Crippen molar-refractivity contribution >= 4 is 28.8 Å². The molecule has 2 rings (SSSR count). The van der Waals surface area contributed by atoms with Crippen LogP contribution in [0, 0.1) is 0 Å². The van der Waals surface area contributed by atoms with E-state index in [1.54, 1.807) is 4.90 Å². The molecule has 0 saturated carbocycles. The highest BCUT2D eigenvalue weighted by atomic mass is 32.1. The molecule has 0 bridgehead atoms. The fourth-order valence-electron chi connectivity index (χ4n) is 1.98. The smallest absolute Gasteiger partial charge is 0.227 e. The average Bonchev–Trinajstić information content (AvgIpc) is 2.93. The number of piperazine rings is 1. The maximum absolute atomic E-state index is 11.8. The van der Waals surface area contributed by atoms with Crippen molar-refractivity contribution in [3.8, 4) is 0 Å². The van der Waals surface area contributed by atoms with Crippen molar-refractivity contribution in [3.63, 3.8) is 0 Å². The lowest BCUT2D eigenvalue weighted by Crippen LogP contribution is -2.46. The first kappa shape index (κ1) is 14.9. The van der Waals surface area contributed by atoms with E-state index in [0.29, 0.717) is 18.1 Å². The third-order valence-corrected chi connectivity index (χ3v) is 4.21. The van der Waals surface area contributed by atoms with Crippen LogP contribution in [-0.2, 0) is 16.0 Å². The summed E-state index contributed by atoms with van der Waals surface area (Å²) in [5.41, 5.74) is 0. The average molecular weight is 297 g/mol. The number of hydrogen-bond donors (Lipinski definition) is 1. The van der Waals surface area contributed by atoms with Crippen LogP contribution in [0.1, 0.15) is 18.4 Å². The Bertz CT molecular complexity index is 456. The second-order valence-corrected chi connectivity index (χ2v) is 5.70. The molecule has 1 aliphatic rings. The van der Waals surface area contributed by atoms with Crippen LogP contribution in [0.25, 0.3) is 0 Å². The fourth-order valence-corrected chi connectivity index (χ4v) is 2.68. The summed E-state index contributed by atoms with van der Waals surface area (Å²) >= 11 is 1.41. The van der Waals surface area contributed by atoms with E-state index < -0.39 is 0 Å². The summed E-state index contributed by atoms with van der Waals surface area (Å²) in [6.45, 7) is 5.83. The minimum atomic E-state index is -0.0402. The maximum atomic E-state index is 11.8. The molecule has 1 aromatic rings. The Balaban J connectivity index is 1.69. The van der Waals surface area contributed by atoms with E-state index >= 15 is 0 Å². The number of amides is 2. The standard InChI is InChI=1S/C12H19N5O2S/c1-2-11-14-15-12(20-11)13-10(19)3-4-16-5-7-17(9-18)8-6-16/h9H,2-8H2,1H3,(H,13,15,19). The molecule has 1 saturated heterocycles. The second kappa shape index (κ2) is 7.30. The van der Waals surface area contributed by atoms with E-state index in [4.69, 9.17) is 0 Å². The van der Waals surface area contributed by atoms with E-state index in [1.807, 2.05) is 6.92 Å². The minimum absolute atomic E-state index is 0.0402. The first-order valence-corrected chi connectivity index (χ1v) is 7.57. The third kappa shape index (κ3) is 4.24. The van der Waals surface area contributed by atoms with Gasteiger partial charge in [0.25, 0.3) is 0 Å². The molecule has 1 aliphatic heterocycles. The largest absolute Gasteiger partial charge is 0.343 e. The van der Waals surface area contributed by atoms with Gasteiger partial charge in [-0.2, -0.15) is 0 Å². The Labute approximate surface area is 122 Å². The minimum Gasteiger partial charge on any atom is -0.343 e. The van der Waals surface area contributed by atoms with Crippen LogP contribution in [0.2, 0.25) is 0 Å². The highest BCUT2D eigenvalue weighted by molar-refractivity contribution is 7.15. The highest BCUT2D eigenvalue weighted by Crippen LogP contribution is 2.15. The zero-order valence-electron chi connectivity index (χ0n) is 11.5. The van der Waals surface area contributed by atoms with Gasteiger partial charge in [0.05, 0.1) is 0 Å². The van der Waals surface area contributed by atoms with Crippen molar-refractivity contribution in [1.82, 2.24) is 20.0 Å². The molecule has 110 valence electrons. The molecule has 0 spiro atoms. The molecule has 1 fully saturated rings. The number of anilines is 1. The van der Waals surface area contributed by atoms with Crippen molar-refractivity contribution in [2.24, 2.45) is 0 Å². The van der Waals surface area contributed by atoms with Gasteiger partial charge in [-0.1, -0.05) is 18.3 Å². The van der Waals surface area contributed by atoms with Gasteiger partial charge in [0, 0.05) is 39.1 Å². The van der Waals surface area contributed by atoms with Crippen molar-refractivity contribution in [2.75, 3.05) is 38.0 Å². The van der Waals surface area contributed by atoms with Crippen LogP contribution in [0.4, 0.5) is 5.13 Å². The number of rotatable bonds is 6. The number of aromatic nitrogens is 2. The lowest BCUT2D eigenvalue weighted by Gasteiger charge is -2.32. The van der Waals surface area contributed by atoms with Crippen LogP contribution in [0.5, 0.6) is 0 Å². The van der Waals surface area contributed by atoms with Gasteiger partial charge >= 0.3 is 0 Å². The number of carbonyl (C=O) groups is 2. The Kier molecular flexibility index (Phi) is 5.42. The summed E-state index contributed by atoms with van der Waals surface area (Å²) in [6, 6.07) is 0. The molecular formula is C12H19N5O2S. The van der Waals surface area contributed by atoms with E-state index in [2.05, 4.69) is 20.4 Å². The van der Waals surface area contributed by atoms with Crippen molar-refractivity contribution < 1.29 is 9.59 Å². The molecule has 8 heteroatoms. The van der Waals surface area contributed by atoms with Crippen molar-refractivity contribution in [3.05, 3.63) is 5.01 Å². The second-order valence-electron chi connectivity index (χ2n) is 4.64. The topological polar surface area (TPSA) is 78.4 Å². The maximum Gasteiger partial charge on any atom is 0.227 e. The van der Waals surface area contributed by atoms with E-state index in [-0.39, 0.29) is 5.91 Å². The number of carbonyl (C=O) groups excluding carboxylic acids is 2. The Morgan fingerprint density at radius 2 is 2.10 bits per heavy atom. The molecular weight excluding hydrogens is 278 g/mol. The monoisotopic (exact) mass is 297 g/mol. The van der Waals surface area contributed by atoms with Gasteiger partial charge in [-0.3, -0.25) is 14.5 Å². The molecule has 2 amide bonds. The van der Waals surface area contributed by atoms with Gasteiger partial charge < -0.3 is 10.2 Å². The van der Waals surface area contributed by atoms with Gasteiger partial charge in [-0.15, -0.1) is 10.2 Å². The van der Waals surface area contributed by atoms with Gasteiger partial charge in [0.2, 0.25) is 17.4 Å². The lowest BCUT2D eigenvalue weighted by molar-refractivity contribution is -0.120. The first-order chi connectivity index (χ1) is 9.71. The van der Waals surface area contributed by atoms with Crippen LogP contribution in [0.15, 0.2) is 0 Å². The fraction of sp³-hybridized carbons (Fsp3) is 0.667. The highest BCUT2D eigenvalue weighted by Gasteiger charge is 2.16. The number of hydrogen-bond acceptors (Lipinski definition) is 6. The quantitative estimate of drug-likeness (QED) is 0.759. The summed E-state index contributed by atoms with van der Waals surface area (Å²) in [5.74, 6) is -0.0402. The molecule has 0 atom stereocenters. The van der Waals surface area contributed by atoms with Crippen LogP contribution < -0.4 is 5.32 Å². The summed E-state index contributed by atoms with van der Waals surface area (Å²) in [7, 11) is 0. The molecule has 2 heterocycles. The number of aryl methyl sites for hydroxylation is 1. The molecule has 7 nitrogen and oxygen atoms in total. The van der Waals surface area contributed by atoms with Gasteiger partial charge in [0.15, 0.2) is 0 Å². The van der Waals surface area contributed by atoms with Crippen LogP contribution >= 0.6 is 11.3 Å². The Hall–Kier alpha value is -1.54. The van der Waals surface area contributed by atoms with E-state index in [0.717, 1.165) is 44.0 Å². The summed E-state index contributed by atoms with van der Waals surface area (Å²) in [6.07, 6.45) is 2.14. The third-order valence-electron chi connectivity index (χ3n) is 3.23. The molecule has 0 aromatic carbocycles. The molecule has 1 aromatic heterocycles. The lowest BCUT2D eigenvalue weighted by atomic mass is 10.3. The van der Waals surface area contributed by atoms with E-state index in [1.165, 1.54) is 11.3 Å². The van der Waals surface area contributed by atoms with E-state index in [9.17, 15) is 9.59 Å². The van der Waals surface area contributed by atoms with Crippen LogP contribution in [-0.4, -0.2) is 65.0 Å². The van der Waals surface area contributed by atoms with Gasteiger partial charge in [0.1, 0.15) is 5.01 Å². The zero-order valence-corrected chi connectivity index (χ0v) is 12.4. The SMILES string of the molecule is CCc1nnc(NC(=O)CCN2CCN(C=O)CC2)s1. The molecule has 0 unspecified atom stereocenters. The molecule has 0 aliphatic carbocycles. The van der Waals surface area contributed by atoms with Crippen molar-refractivity contribution in [1.29, 1.82) is 0 Å². The predicted molar refractivity (Wildman–Crippen MR) is 76.6 cm³/mol. The normalized spacial score (nSPS) is 16.1. The summed E-state index contributed by atoms with van der Waals surface area (Å²) in [5, 5.41) is 12.1. The van der Waals surface area contributed by atoms with Gasteiger partial charge in [-0.05, 0) is 6.42 Å². The summed E-state index contributed by atoms with van der Waals surface area (Å²) in [4.78, 5) is 26.3. The number of nitrogens with one attached hydrogen (secondary N) is 1. The predicted octanol–water partition coefficient (Wildman–Crippen LogP) is 0.203. The molecule has 20 heavy (non-hydrogen) atoms. The van der Waals surface area contributed by atoms with Crippen molar-refractivity contribution in [2.45, 2.75) is 19.8 Å². The Morgan fingerprint density at radius 1 is 1.35 bits per heavy atom. The zero-order chi connectivity index (χ0) is 14.4. The molecule has 0 radical (unpaired) electrons. The Morgan fingerprint density at radius 3 is 2.70 bits per heavy atom. The van der Waals surface area contributed by atoms with Crippen LogP contribution in [0.3, 0.4) is 0 Å². The first-order valence-electron chi connectivity index (χ1n) is 6.75.